The van der Waals surface area contributed by atoms with Crippen LogP contribution in [0.25, 0.3) is 0 Å². The van der Waals surface area contributed by atoms with E-state index in [1.807, 2.05) is 0 Å². The van der Waals surface area contributed by atoms with E-state index in [1.54, 1.807) is 11.8 Å². The molecule has 0 saturated carbocycles. The van der Waals surface area contributed by atoms with Crippen LogP contribution in [0.4, 0.5) is 0 Å². The molecule has 6 nitrogen and oxygen atoms in total. The van der Waals surface area contributed by atoms with Gasteiger partial charge >= 0.3 is 5.97 Å². The normalized spacial score (nSPS) is 9.45. The zero-order valence-corrected chi connectivity index (χ0v) is 14.9. The Balaban J connectivity index is -0.000000261. The number of hydrogen-bond acceptors (Lipinski definition) is 6. The Morgan fingerprint density at radius 2 is 1.23 bits per heavy atom. The highest BCUT2D eigenvalue weighted by molar-refractivity contribution is 5.65. The molecule has 0 fully saturated rings. The monoisotopic (exact) mass is 323 g/mol. The summed E-state index contributed by atoms with van der Waals surface area (Å²) in [5.41, 5.74) is 0. The molecule has 22 heavy (non-hydrogen) atoms. The molecule has 0 rings (SSSR count). The fourth-order valence-electron chi connectivity index (χ4n) is 1.46. The van der Waals surface area contributed by atoms with E-state index in [0.29, 0.717) is 26.2 Å². The third-order valence-corrected chi connectivity index (χ3v) is 2.55. The Hall–Kier alpha value is -0.690. The van der Waals surface area contributed by atoms with Crippen LogP contribution in [0.15, 0.2) is 0 Å². The molecule has 0 amide bonds. The zero-order chi connectivity index (χ0) is 17.6. The van der Waals surface area contributed by atoms with Gasteiger partial charge in [-0.05, 0) is 6.92 Å². The van der Waals surface area contributed by atoms with Gasteiger partial charge in [0.1, 0.15) is 0 Å². The summed E-state index contributed by atoms with van der Waals surface area (Å²) in [5, 5.41) is 25.5. The second kappa shape index (κ2) is 25.3. The first kappa shape index (κ1) is 26.2. The maximum Gasteiger partial charge on any atom is 0.302 e. The van der Waals surface area contributed by atoms with Gasteiger partial charge in [0.25, 0.3) is 0 Å². The average Bonchev–Trinajstić information content (AvgIpc) is 2.47. The number of carbonyl (C=O) groups excluding carboxylic acids is 1. The third-order valence-electron chi connectivity index (χ3n) is 2.55. The van der Waals surface area contributed by atoms with E-state index in [2.05, 4.69) is 18.6 Å². The molecule has 3 N–H and O–H groups in total. The van der Waals surface area contributed by atoms with Crippen molar-refractivity contribution in [1.29, 1.82) is 0 Å². The predicted octanol–water partition coefficient (Wildman–Crippen LogP) is 1.42. The van der Waals surface area contributed by atoms with Crippen LogP contribution in [0, 0.1) is 0 Å². The van der Waals surface area contributed by atoms with Crippen LogP contribution in [0.2, 0.25) is 0 Å². The summed E-state index contributed by atoms with van der Waals surface area (Å²) in [7, 11) is 0. The van der Waals surface area contributed by atoms with Gasteiger partial charge < -0.3 is 20.1 Å². The summed E-state index contributed by atoms with van der Waals surface area (Å²) in [5.74, 6) is -0.211. The minimum Gasteiger partial charge on any atom is -0.466 e. The number of carbonyl (C=O) groups is 1. The van der Waals surface area contributed by atoms with Crippen LogP contribution in [-0.2, 0) is 9.53 Å². The number of nitrogens with zero attached hydrogens (tertiary/aromatic N) is 1. The van der Waals surface area contributed by atoms with Gasteiger partial charge in [-0.15, -0.1) is 0 Å². The van der Waals surface area contributed by atoms with Crippen molar-refractivity contribution in [2.45, 2.75) is 53.4 Å². The quantitative estimate of drug-likeness (QED) is 0.416. The van der Waals surface area contributed by atoms with Gasteiger partial charge in [-0.25, -0.2) is 0 Å². The van der Waals surface area contributed by atoms with E-state index >= 15 is 0 Å². The predicted molar refractivity (Wildman–Crippen MR) is 89.8 cm³/mol. The van der Waals surface area contributed by atoms with E-state index in [1.165, 1.54) is 32.6 Å². The lowest BCUT2D eigenvalue weighted by Crippen LogP contribution is -2.32. The lowest BCUT2D eigenvalue weighted by atomic mass is 10.2. The smallest absolute Gasteiger partial charge is 0.302 e. The molecule has 0 heterocycles. The van der Waals surface area contributed by atoms with Crippen molar-refractivity contribution in [3.63, 3.8) is 0 Å². The molecule has 0 unspecified atom stereocenters. The van der Waals surface area contributed by atoms with Gasteiger partial charge in [-0.2, -0.15) is 0 Å². The van der Waals surface area contributed by atoms with Crippen molar-refractivity contribution in [3.05, 3.63) is 0 Å². The number of hydrogen-bond donors (Lipinski definition) is 3. The molecular weight excluding hydrogens is 286 g/mol. The van der Waals surface area contributed by atoms with Gasteiger partial charge in [-0.1, -0.05) is 39.5 Å². The van der Waals surface area contributed by atoms with Crippen LogP contribution in [0.3, 0.4) is 0 Å². The average molecular weight is 323 g/mol. The molecule has 0 aliphatic rings. The van der Waals surface area contributed by atoms with Gasteiger partial charge in [0, 0.05) is 26.6 Å². The van der Waals surface area contributed by atoms with E-state index in [4.69, 9.17) is 15.3 Å². The molecule has 0 aromatic rings. The number of aliphatic hydroxyl groups excluding tert-OH is 3. The molecule has 0 aliphatic heterocycles. The maximum absolute atomic E-state index is 9.82. The highest BCUT2D eigenvalue weighted by atomic mass is 16.5. The van der Waals surface area contributed by atoms with Gasteiger partial charge in [0.15, 0.2) is 0 Å². The minimum absolute atomic E-state index is 0.0694. The summed E-state index contributed by atoms with van der Waals surface area (Å²) >= 11 is 0. The molecular formula is C16H37NO5. The molecule has 0 aliphatic carbocycles. The Bertz CT molecular complexity index is 185. The van der Waals surface area contributed by atoms with Crippen LogP contribution >= 0.6 is 0 Å². The molecule has 0 aromatic heterocycles. The van der Waals surface area contributed by atoms with Gasteiger partial charge in [-0.3, -0.25) is 9.69 Å². The first-order chi connectivity index (χ1) is 10.5. The standard InChI is InChI=1S/C6H15NO3.C6H14.C4H8O2/c8-4-1-7(2-5-9)3-6-10;1-3-5-6-4-2;1-3-6-4(2)5/h8-10H,1-6H2;3-6H2,1-2H3;3H2,1-2H3. The lowest BCUT2D eigenvalue weighted by Gasteiger charge is -2.17. The summed E-state index contributed by atoms with van der Waals surface area (Å²) in [6.07, 6.45) is 5.54. The highest BCUT2D eigenvalue weighted by Crippen LogP contribution is 1.95. The van der Waals surface area contributed by atoms with Gasteiger partial charge in [0.05, 0.1) is 26.4 Å². The van der Waals surface area contributed by atoms with Crippen LogP contribution in [0.1, 0.15) is 53.4 Å². The first-order valence-electron chi connectivity index (χ1n) is 8.22. The van der Waals surface area contributed by atoms with Crippen molar-refractivity contribution < 1.29 is 24.9 Å². The maximum atomic E-state index is 9.82. The minimum atomic E-state index is -0.211. The number of aliphatic hydroxyl groups is 3. The first-order valence-corrected chi connectivity index (χ1v) is 8.22. The molecule has 0 radical (unpaired) electrons. The van der Waals surface area contributed by atoms with Crippen LogP contribution in [0.5, 0.6) is 0 Å². The van der Waals surface area contributed by atoms with E-state index in [-0.39, 0.29) is 25.8 Å². The Labute approximate surface area is 136 Å². The molecule has 0 saturated heterocycles. The summed E-state index contributed by atoms with van der Waals surface area (Å²) in [6.45, 7) is 9.87. The number of esters is 1. The van der Waals surface area contributed by atoms with Crippen LogP contribution < -0.4 is 0 Å². The van der Waals surface area contributed by atoms with Gasteiger partial charge in [0.2, 0.25) is 0 Å². The number of ether oxygens (including phenoxy) is 1. The van der Waals surface area contributed by atoms with Crippen LogP contribution in [-0.4, -0.2) is 72.3 Å². The summed E-state index contributed by atoms with van der Waals surface area (Å²) in [6, 6.07) is 0. The Morgan fingerprint density at radius 3 is 1.36 bits per heavy atom. The Morgan fingerprint density at radius 1 is 0.864 bits per heavy atom. The largest absolute Gasteiger partial charge is 0.466 e. The third kappa shape index (κ3) is 31.6. The topological polar surface area (TPSA) is 90.2 Å². The molecule has 0 aromatic carbocycles. The van der Waals surface area contributed by atoms with E-state index in [9.17, 15) is 4.79 Å². The summed E-state index contributed by atoms with van der Waals surface area (Å²) < 4.78 is 4.40. The van der Waals surface area contributed by atoms with E-state index in [0.717, 1.165) is 0 Å². The van der Waals surface area contributed by atoms with Crippen molar-refractivity contribution in [1.82, 2.24) is 4.90 Å². The number of unbranched alkanes of at least 4 members (excludes halogenated alkanes) is 3. The molecule has 0 spiro atoms. The fraction of sp³-hybridized carbons (Fsp3) is 0.938. The molecule has 6 heteroatoms. The Kier molecular flexibility index (Phi) is 30.1. The second-order valence-electron chi connectivity index (χ2n) is 4.64. The molecule has 0 bridgehead atoms. The number of rotatable bonds is 10. The fourth-order valence-corrected chi connectivity index (χ4v) is 1.46. The second-order valence-corrected chi connectivity index (χ2v) is 4.64. The lowest BCUT2D eigenvalue weighted by molar-refractivity contribution is -0.140. The van der Waals surface area contributed by atoms with Crippen molar-refractivity contribution in [2.24, 2.45) is 0 Å². The highest BCUT2D eigenvalue weighted by Gasteiger charge is 2.00. The van der Waals surface area contributed by atoms with Crippen molar-refractivity contribution in [2.75, 3.05) is 46.1 Å². The van der Waals surface area contributed by atoms with Crippen molar-refractivity contribution >= 4 is 5.97 Å². The molecule has 136 valence electrons. The summed E-state index contributed by atoms with van der Waals surface area (Å²) in [4.78, 5) is 11.6. The SMILES string of the molecule is CCCCCC.CCOC(C)=O.OCCN(CCO)CCO. The molecule has 0 atom stereocenters. The van der Waals surface area contributed by atoms with Crippen molar-refractivity contribution in [3.8, 4) is 0 Å². The zero-order valence-electron chi connectivity index (χ0n) is 14.9. The van der Waals surface area contributed by atoms with E-state index < -0.39 is 0 Å².